The van der Waals surface area contributed by atoms with Crippen molar-refractivity contribution in [1.29, 1.82) is 0 Å². The van der Waals surface area contributed by atoms with E-state index in [2.05, 4.69) is 27.9 Å². The normalized spacial score (nSPS) is 12.7. The third-order valence-electron chi connectivity index (χ3n) is 4.83. The lowest BCUT2D eigenvalue weighted by Crippen LogP contribution is -2.51. The van der Waals surface area contributed by atoms with E-state index < -0.39 is 6.04 Å². The van der Waals surface area contributed by atoms with Crippen molar-refractivity contribution in [3.63, 3.8) is 0 Å². The third-order valence-corrected chi connectivity index (χ3v) is 5.55. The second-order valence-electron chi connectivity index (χ2n) is 7.06. The van der Waals surface area contributed by atoms with E-state index in [9.17, 15) is 9.59 Å². The Bertz CT molecular complexity index is 780. The molecule has 0 radical (unpaired) electrons. The highest BCUT2D eigenvalue weighted by molar-refractivity contribution is 14.1. The highest BCUT2D eigenvalue weighted by Crippen LogP contribution is 2.14. The number of halogens is 1. The van der Waals surface area contributed by atoms with Crippen LogP contribution in [0.3, 0.4) is 0 Å². The van der Waals surface area contributed by atoms with Crippen molar-refractivity contribution >= 4 is 34.4 Å². The van der Waals surface area contributed by atoms with E-state index >= 15 is 0 Å². The Labute approximate surface area is 187 Å². The zero-order valence-corrected chi connectivity index (χ0v) is 19.4. The highest BCUT2D eigenvalue weighted by Gasteiger charge is 2.26. The summed E-state index contributed by atoms with van der Waals surface area (Å²) in [6, 6.07) is 17.0. The fraction of sp³-hybridized carbons (Fsp3) is 0.391. The number of carbonyl (C=O) groups is 2. The molecule has 5 nitrogen and oxygen atoms in total. The molecule has 0 saturated carbocycles. The molecule has 0 aliphatic heterocycles. The molecule has 0 heterocycles. The molecule has 6 heteroatoms. The molecule has 0 fully saturated rings. The Balaban J connectivity index is 2.05. The minimum atomic E-state index is -0.569. The molecule has 2 aromatic carbocycles. The molecule has 0 bridgehead atoms. The van der Waals surface area contributed by atoms with E-state index in [1.165, 1.54) is 0 Å². The van der Waals surface area contributed by atoms with Crippen LogP contribution >= 0.6 is 22.6 Å². The summed E-state index contributed by atoms with van der Waals surface area (Å²) in [4.78, 5) is 27.2. The maximum atomic E-state index is 12.9. The summed E-state index contributed by atoms with van der Waals surface area (Å²) in [5.41, 5.74) is 1.12. The summed E-state index contributed by atoms with van der Waals surface area (Å²) >= 11 is 2.22. The van der Waals surface area contributed by atoms with Crippen molar-refractivity contribution in [2.45, 2.75) is 45.7 Å². The molecule has 0 aliphatic carbocycles. The van der Waals surface area contributed by atoms with Crippen LogP contribution in [0.2, 0.25) is 0 Å². The maximum absolute atomic E-state index is 12.9. The first kappa shape index (κ1) is 23.2. The summed E-state index contributed by atoms with van der Waals surface area (Å²) < 4.78 is 6.76. The van der Waals surface area contributed by atoms with Crippen molar-refractivity contribution in [1.82, 2.24) is 10.2 Å². The Morgan fingerprint density at radius 1 is 1.07 bits per heavy atom. The topological polar surface area (TPSA) is 58.6 Å². The summed E-state index contributed by atoms with van der Waals surface area (Å²) in [6.07, 6.45) is 1.52. The number of amides is 2. The first-order valence-corrected chi connectivity index (χ1v) is 11.0. The standard InChI is InChI=1S/C23H29IN2O3/c1-4-17(2)25-23(28)18(3)26(15-14-19-8-6-5-7-9-19)22(27)16-29-21-12-10-20(24)11-13-21/h5-13,17-18H,4,14-16H2,1-3H3,(H,25,28)/t17-,18-/m1/s1. The van der Waals surface area contributed by atoms with Gasteiger partial charge in [-0.3, -0.25) is 9.59 Å². The maximum Gasteiger partial charge on any atom is 0.261 e. The summed E-state index contributed by atoms with van der Waals surface area (Å²) in [5.74, 6) is 0.291. The average Bonchev–Trinajstić information content (AvgIpc) is 2.73. The number of nitrogens with zero attached hydrogens (tertiary/aromatic N) is 1. The van der Waals surface area contributed by atoms with Crippen LogP contribution in [0, 0.1) is 3.57 Å². The highest BCUT2D eigenvalue weighted by atomic mass is 127. The predicted octanol–water partition coefficient (Wildman–Crippen LogP) is 4.04. The van der Waals surface area contributed by atoms with Crippen LogP contribution in [0.4, 0.5) is 0 Å². The first-order chi connectivity index (χ1) is 13.9. The lowest BCUT2D eigenvalue weighted by atomic mass is 10.1. The second-order valence-corrected chi connectivity index (χ2v) is 8.30. The molecule has 29 heavy (non-hydrogen) atoms. The van der Waals surface area contributed by atoms with Crippen LogP contribution in [0.1, 0.15) is 32.8 Å². The van der Waals surface area contributed by atoms with Gasteiger partial charge in [0.1, 0.15) is 11.8 Å². The molecular formula is C23H29IN2O3. The van der Waals surface area contributed by atoms with Crippen LogP contribution in [0.5, 0.6) is 5.75 Å². The zero-order chi connectivity index (χ0) is 21.2. The van der Waals surface area contributed by atoms with Crippen LogP contribution in [0.25, 0.3) is 0 Å². The number of benzene rings is 2. The zero-order valence-electron chi connectivity index (χ0n) is 17.2. The minimum Gasteiger partial charge on any atom is -0.484 e. The third kappa shape index (κ3) is 7.68. The monoisotopic (exact) mass is 508 g/mol. The van der Waals surface area contributed by atoms with Crippen LogP contribution < -0.4 is 10.1 Å². The molecule has 2 aromatic rings. The van der Waals surface area contributed by atoms with E-state index in [-0.39, 0.29) is 24.5 Å². The first-order valence-electron chi connectivity index (χ1n) is 9.92. The molecule has 1 N–H and O–H groups in total. The van der Waals surface area contributed by atoms with Crippen LogP contribution in [-0.2, 0) is 16.0 Å². The molecular weight excluding hydrogens is 479 g/mol. The second kappa shape index (κ2) is 11.8. The van der Waals surface area contributed by atoms with Gasteiger partial charge in [0.2, 0.25) is 5.91 Å². The molecule has 2 amide bonds. The van der Waals surface area contributed by atoms with Gasteiger partial charge in [-0.2, -0.15) is 0 Å². The SMILES string of the molecule is CC[C@@H](C)NC(=O)[C@@H](C)N(CCc1ccccc1)C(=O)COc1ccc(I)cc1. The van der Waals surface area contributed by atoms with Crippen LogP contribution in [0.15, 0.2) is 54.6 Å². The lowest BCUT2D eigenvalue weighted by molar-refractivity contribution is -0.141. The lowest BCUT2D eigenvalue weighted by Gasteiger charge is -2.29. The predicted molar refractivity (Wildman–Crippen MR) is 124 cm³/mol. The van der Waals surface area contributed by atoms with Gasteiger partial charge in [-0.1, -0.05) is 37.3 Å². The molecule has 0 aliphatic rings. The molecule has 0 saturated heterocycles. The average molecular weight is 508 g/mol. The van der Waals surface area contributed by atoms with Crippen molar-refractivity contribution in [3.05, 3.63) is 63.7 Å². The van der Waals surface area contributed by atoms with Crippen molar-refractivity contribution in [2.75, 3.05) is 13.2 Å². The van der Waals surface area contributed by atoms with Gasteiger partial charge in [0.25, 0.3) is 5.91 Å². The van der Waals surface area contributed by atoms with Gasteiger partial charge in [-0.05, 0) is 79.1 Å². The fourth-order valence-electron chi connectivity index (χ4n) is 2.79. The largest absolute Gasteiger partial charge is 0.484 e. The molecule has 2 rings (SSSR count). The number of hydrogen-bond donors (Lipinski definition) is 1. The van der Waals surface area contributed by atoms with Crippen molar-refractivity contribution < 1.29 is 14.3 Å². The molecule has 0 unspecified atom stereocenters. The van der Waals surface area contributed by atoms with Crippen LogP contribution in [-0.4, -0.2) is 41.9 Å². The van der Waals surface area contributed by atoms with Gasteiger partial charge in [0.15, 0.2) is 6.61 Å². The van der Waals surface area contributed by atoms with Gasteiger partial charge in [0, 0.05) is 16.2 Å². The van der Waals surface area contributed by atoms with E-state index in [1.54, 1.807) is 11.8 Å². The van der Waals surface area contributed by atoms with Gasteiger partial charge in [0.05, 0.1) is 0 Å². The molecule has 156 valence electrons. The Morgan fingerprint density at radius 2 is 1.72 bits per heavy atom. The summed E-state index contributed by atoms with van der Waals surface area (Å²) in [6.45, 7) is 6.10. The van der Waals surface area contributed by atoms with E-state index in [0.717, 1.165) is 15.6 Å². The Kier molecular flexibility index (Phi) is 9.44. The number of nitrogens with one attached hydrogen (secondary N) is 1. The number of rotatable bonds is 10. The molecule has 0 spiro atoms. The molecule has 0 aromatic heterocycles. The number of carbonyl (C=O) groups excluding carboxylic acids is 2. The van der Waals surface area contributed by atoms with Gasteiger partial charge >= 0.3 is 0 Å². The van der Waals surface area contributed by atoms with Gasteiger partial charge in [-0.25, -0.2) is 0 Å². The minimum absolute atomic E-state index is 0.0686. The smallest absolute Gasteiger partial charge is 0.261 e. The van der Waals surface area contributed by atoms with Crippen molar-refractivity contribution in [2.24, 2.45) is 0 Å². The fourth-order valence-corrected chi connectivity index (χ4v) is 3.15. The van der Waals surface area contributed by atoms with Gasteiger partial charge in [-0.15, -0.1) is 0 Å². The summed E-state index contributed by atoms with van der Waals surface area (Å²) in [7, 11) is 0. The van der Waals surface area contributed by atoms with Crippen molar-refractivity contribution in [3.8, 4) is 5.75 Å². The quantitative estimate of drug-likeness (QED) is 0.493. The molecule has 2 atom stereocenters. The Morgan fingerprint density at radius 3 is 2.34 bits per heavy atom. The van der Waals surface area contributed by atoms with E-state index in [0.29, 0.717) is 18.7 Å². The number of hydrogen-bond acceptors (Lipinski definition) is 3. The van der Waals surface area contributed by atoms with Gasteiger partial charge < -0.3 is 15.0 Å². The van der Waals surface area contributed by atoms with E-state index in [1.807, 2.05) is 68.4 Å². The Hall–Kier alpha value is -2.09. The van der Waals surface area contributed by atoms with E-state index in [4.69, 9.17) is 4.74 Å². The summed E-state index contributed by atoms with van der Waals surface area (Å²) in [5, 5.41) is 2.97. The number of ether oxygens (including phenoxy) is 1.